The van der Waals surface area contributed by atoms with Crippen LogP contribution < -0.4 is 9.64 Å². The van der Waals surface area contributed by atoms with Crippen LogP contribution in [0.1, 0.15) is 17.7 Å². The molecule has 162 valence electrons. The van der Waals surface area contributed by atoms with Crippen LogP contribution in [0.4, 0.5) is 5.69 Å². The highest BCUT2D eigenvalue weighted by Crippen LogP contribution is 2.46. The zero-order valence-electron chi connectivity index (χ0n) is 17.5. The average molecular weight is 451 g/mol. The average Bonchev–Trinajstić information content (AvgIpc) is 2.81. The molecular weight excluding hydrogens is 424 g/mol. The van der Waals surface area contributed by atoms with Crippen LogP contribution in [0.5, 0.6) is 5.75 Å². The Kier molecular flexibility index (Phi) is 8.58. The number of amides is 1. The van der Waals surface area contributed by atoms with Crippen molar-refractivity contribution in [3.05, 3.63) is 54.1 Å². The minimum atomic E-state index is -0.916. The maximum atomic E-state index is 13.6. The molecule has 0 aromatic heterocycles. The van der Waals surface area contributed by atoms with Gasteiger partial charge in [0.2, 0.25) is 0 Å². The topological polar surface area (TPSA) is 59.1 Å². The maximum Gasteiger partial charge on any atom is 0.303 e. The number of carbonyl (C=O) groups excluding carboxylic acids is 2. The predicted octanol–water partition coefficient (Wildman–Crippen LogP) is 3.79. The molecule has 1 heterocycles. The van der Waals surface area contributed by atoms with Crippen LogP contribution in [0.15, 0.2) is 53.4 Å². The summed E-state index contributed by atoms with van der Waals surface area (Å²) in [4.78, 5) is 30.2. The highest BCUT2D eigenvalue weighted by molar-refractivity contribution is 7.99. The van der Waals surface area contributed by atoms with E-state index in [2.05, 4.69) is 0 Å². The van der Waals surface area contributed by atoms with E-state index in [0.29, 0.717) is 13.1 Å². The van der Waals surface area contributed by atoms with Crippen LogP contribution in [0.2, 0.25) is 0 Å². The van der Waals surface area contributed by atoms with Crippen molar-refractivity contribution >= 4 is 41.7 Å². The molecule has 3 rings (SSSR count). The van der Waals surface area contributed by atoms with E-state index in [4.69, 9.17) is 9.47 Å². The number of rotatable bonds is 6. The zero-order chi connectivity index (χ0) is 21.0. The molecule has 2 aromatic carbocycles. The molecule has 0 fully saturated rings. The van der Waals surface area contributed by atoms with Crippen LogP contribution in [0.25, 0.3) is 0 Å². The fourth-order valence-electron chi connectivity index (χ4n) is 3.24. The molecule has 0 saturated heterocycles. The fourth-order valence-corrected chi connectivity index (χ4v) is 4.56. The molecule has 1 amide bonds. The first-order valence-corrected chi connectivity index (χ1v) is 10.3. The minimum absolute atomic E-state index is 0. The summed E-state index contributed by atoms with van der Waals surface area (Å²) in [6.07, 6.45) is -0.916. The van der Waals surface area contributed by atoms with Gasteiger partial charge in [-0.1, -0.05) is 24.3 Å². The Labute approximate surface area is 187 Å². The Bertz CT molecular complexity index is 876. The first-order chi connectivity index (χ1) is 13.9. The van der Waals surface area contributed by atoms with Gasteiger partial charge in [-0.15, -0.1) is 24.2 Å². The van der Waals surface area contributed by atoms with E-state index in [1.807, 2.05) is 67.5 Å². The van der Waals surface area contributed by atoms with E-state index in [1.54, 1.807) is 23.8 Å². The quantitative estimate of drug-likeness (QED) is 0.624. The summed E-state index contributed by atoms with van der Waals surface area (Å²) in [5.41, 5.74) is 1.75. The third-order valence-electron chi connectivity index (χ3n) is 4.70. The Hall–Kier alpha value is -2.22. The molecule has 0 bridgehead atoms. The van der Waals surface area contributed by atoms with Crippen molar-refractivity contribution in [3.63, 3.8) is 0 Å². The van der Waals surface area contributed by atoms with Crippen molar-refractivity contribution < 1.29 is 19.1 Å². The van der Waals surface area contributed by atoms with E-state index >= 15 is 0 Å². The first-order valence-electron chi connectivity index (χ1n) is 9.43. The molecule has 0 saturated carbocycles. The molecule has 2 aromatic rings. The number of likely N-dealkylation sites (N-methyl/N-ethyl adjacent to an activating group) is 1. The number of anilines is 1. The molecule has 0 N–H and O–H groups in total. The van der Waals surface area contributed by atoms with Gasteiger partial charge in [-0.2, -0.15) is 0 Å². The van der Waals surface area contributed by atoms with Gasteiger partial charge in [0.15, 0.2) is 6.10 Å². The number of halogens is 1. The Balaban J connectivity index is 0.00000320. The summed E-state index contributed by atoms with van der Waals surface area (Å²) in [6, 6.07) is 15.4. The predicted molar refractivity (Wildman–Crippen MR) is 122 cm³/mol. The van der Waals surface area contributed by atoms with Gasteiger partial charge in [-0.25, -0.2) is 0 Å². The lowest BCUT2D eigenvalue weighted by atomic mass is 10.1. The van der Waals surface area contributed by atoms with Crippen molar-refractivity contribution in [1.82, 2.24) is 4.90 Å². The SMILES string of the molecule is COc1ccc([C@H]2Sc3ccccc3N(CCN(C)C)C(=O)[C@H]2OC(C)=O)cc1.Cl. The second kappa shape index (κ2) is 10.7. The number of fused-ring (bicyclic) bond motifs is 1. The van der Waals surface area contributed by atoms with Gasteiger partial charge in [0.25, 0.3) is 5.91 Å². The van der Waals surface area contributed by atoms with E-state index in [0.717, 1.165) is 21.9 Å². The van der Waals surface area contributed by atoms with Gasteiger partial charge in [-0.05, 0) is 43.9 Å². The molecule has 6 nitrogen and oxygen atoms in total. The van der Waals surface area contributed by atoms with Crippen LogP contribution >= 0.6 is 24.2 Å². The van der Waals surface area contributed by atoms with Crippen molar-refractivity contribution in [2.45, 2.75) is 23.2 Å². The summed E-state index contributed by atoms with van der Waals surface area (Å²) >= 11 is 1.54. The molecule has 30 heavy (non-hydrogen) atoms. The molecule has 1 aliphatic heterocycles. The number of benzene rings is 2. The Morgan fingerprint density at radius 1 is 1.13 bits per heavy atom. The monoisotopic (exact) mass is 450 g/mol. The van der Waals surface area contributed by atoms with E-state index in [9.17, 15) is 9.59 Å². The highest BCUT2D eigenvalue weighted by atomic mass is 35.5. The third-order valence-corrected chi connectivity index (χ3v) is 6.07. The summed E-state index contributed by atoms with van der Waals surface area (Å²) < 4.78 is 10.8. The standard InChI is InChI=1S/C22H26N2O4S.ClH/c1-15(25)28-20-21(16-9-11-17(27-4)12-10-16)29-19-8-6-5-7-18(19)24(22(20)26)14-13-23(2)3;/h5-12,20-21H,13-14H2,1-4H3;1H/t20-,21+;/m0./s1. The molecule has 8 heteroatoms. The van der Waals surface area contributed by atoms with Crippen molar-refractivity contribution in [3.8, 4) is 5.75 Å². The van der Waals surface area contributed by atoms with E-state index in [1.165, 1.54) is 6.92 Å². The summed E-state index contributed by atoms with van der Waals surface area (Å²) in [5, 5.41) is -0.359. The third kappa shape index (κ3) is 5.47. The number of hydrogen-bond donors (Lipinski definition) is 0. The second-order valence-electron chi connectivity index (χ2n) is 7.10. The van der Waals surface area contributed by atoms with Crippen LogP contribution in [-0.2, 0) is 14.3 Å². The zero-order valence-corrected chi connectivity index (χ0v) is 19.2. The lowest BCUT2D eigenvalue weighted by Gasteiger charge is -2.28. The number of esters is 1. The second-order valence-corrected chi connectivity index (χ2v) is 8.29. The first kappa shape index (κ1) is 24.1. The molecule has 2 atom stereocenters. The largest absolute Gasteiger partial charge is 0.497 e. The molecule has 0 unspecified atom stereocenters. The molecule has 0 radical (unpaired) electrons. The summed E-state index contributed by atoms with van der Waals surface area (Å²) in [5.74, 6) is 0.0528. The molecule has 1 aliphatic rings. The van der Waals surface area contributed by atoms with Gasteiger partial charge in [0, 0.05) is 24.9 Å². The minimum Gasteiger partial charge on any atom is -0.497 e. The fraction of sp³-hybridized carbons (Fsp3) is 0.364. The lowest BCUT2D eigenvalue weighted by molar-refractivity contribution is -0.152. The number of methoxy groups -OCH3 is 1. The normalized spacial score (nSPS) is 18.3. The van der Waals surface area contributed by atoms with Crippen LogP contribution in [0, 0.1) is 0 Å². The number of nitrogens with zero attached hydrogens (tertiary/aromatic N) is 2. The number of para-hydroxylation sites is 1. The van der Waals surface area contributed by atoms with Gasteiger partial charge in [-0.3, -0.25) is 9.59 Å². The van der Waals surface area contributed by atoms with E-state index in [-0.39, 0.29) is 23.6 Å². The van der Waals surface area contributed by atoms with Crippen molar-refractivity contribution in [1.29, 1.82) is 0 Å². The van der Waals surface area contributed by atoms with E-state index < -0.39 is 12.1 Å². The maximum absolute atomic E-state index is 13.6. The Morgan fingerprint density at radius 3 is 2.40 bits per heavy atom. The van der Waals surface area contributed by atoms with Crippen molar-refractivity contribution in [2.75, 3.05) is 39.2 Å². The van der Waals surface area contributed by atoms with Gasteiger partial charge < -0.3 is 19.3 Å². The Morgan fingerprint density at radius 2 is 1.80 bits per heavy atom. The smallest absolute Gasteiger partial charge is 0.303 e. The number of ether oxygens (including phenoxy) is 2. The van der Waals surface area contributed by atoms with Crippen molar-refractivity contribution in [2.24, 2.45) is 0 Å². The van der Waals surface area contributed by atoms with Gasteiger partial charge in [0.1, 0.15) is 5.75 Å². The number of carbonyl (C=O) groups is 2. The lowest BCUT2D eigenvalue weighted by Crippen LogP contribution is -2.45. The van der Waals surface area contributed by atoms with Gasteiger partial charge >= 0.3 is 5.97 Å². The molecule has 0 spiro atoms. The number of hydrogen-bond acceptors (Lipinski definition) is 6. The molecule has 0 aliphatic carbocycles. The van der Waals surface area contributed by atoms with Gasteiger partial charge in [0.05, 0.1) is 18.0 Å². The van der Waals surface area contributed by atoms with Crippen LogP contribution in [0.3, 0.4) is 0 Å². The van der Waals surface area contributed by atoms with Crippen LogP contribution in [-0.4, -0.2) is 57.2 Å². The summed E-state index contributed by atoms with van der Waals surface area (Å²) in [7, 11) is 5.54. The summed E-state index contributed by atoms with van der Waals surface area (Å²) in [6.45, 7) is 2.55. The number of thioether (sulfide) groups is 1. The molecular formula is C22H27ClN2O4S. The highest BCUT2D eigenvalue weighted by Gasteiger charge is 2.40.